The Morgan fingerprint density at radius 3 is 2.00 bits per heavy atom. The van der Waals surface area contributed by atoms with E-state index in [9.17, 15) is 22.8 Å². The smallest absolute Gasteiger partial charge is 0.289 e. The van der Waals surface area contributed by atoms with E-state index in [0.29, 0.717) is 11.6 Å². The fourth-order valence-corrected chi connectivity index (χ4v) is 3.03. The Morgan fingerprint density at radius 2 is 1.54 bits per heavy atom. The van der Waals surface area contributed by atoms with Gasteiger partial charge in [0.1, 0.15) is 0 Å². The van der Waals surface area contributed by atoms with Crippen molar-refractivity contribution in [1.82, 2.24) is 0 Å². The van der Waals surface area contributed by atoms with E-state index in [1.54, 1.807) is 0 Å². The molecule has 0 N–H and O–H groups in total. The van der Waals surface area contributed by atoms with E-state index in [1.165, 1.54) is 31.2 Å². The summed E-state index contributed by atoms with van der Waals surface area (Å²) < 4.78 is 40.3. The van der Waals surface area contributed by atoms with Crippen LogP contribution in [0.1, 0.15) is 31.8 Å². The topological polar surface area (TPSA) is 34.1 Å². The fourth-order valence-electron chi connectivity index (χ4n) is 2.29. The number of carbonyl (C=O) groups excluding carboxylic acids is 2. The van der Waals surface area contributed by atoms with Gasteiger partial charge in [0.25, 0.3) is 5.24 Å². The van der Waals surface area contributed by atoms with Crippen LogP contribution in [0.15, 0.2) is 42.5 Å². The summed E-state index contributed by atoms with van der Waals surface area (Å²) in [5.41, 5.74) is -0.970. The molecule has 0 unspecified atom stereocenters. The number of ketones is 1. The van der Waals surface area contributed by atoms with Gasteiger partial charge < -0.3 is 0 Å². The molecule has 0 saturated heterocycles. The number of hydrogen-bond donors (Lipinski definition) is 0. The molecule has 0 bridgehead atoms. The minimum atomic E-state index is -4.80. The van der Waals surface area contributed by atoms with E-state index in [-0.39, 0.29) is 26.7 Å². The molecule has 0 spiro atoms. The number of rotatable bonds is 4. The second-order valence-electron chi connectivity index (χ2n) is 5.38. The van der Waals surface area contributed by atoms with Gasteiger partial charge >= 0.3 is 6.18 Å². The molecule has 0 saturated carbocycles. The third-order valence-corrected chi connectivity index (χ3v) is 4.12. The third-order valence-electron chi connectivity index (χ3n) is 3.48. The molecular weight excluding hydrogens is 412 g/mol. The van der Waals surface area contributed by atoms with Crippen molar-refractivity contribution in [3.63, 3.8) is 0 Å². The van der Waals surface area contributed by atoms with Crippen LogP contribution < -0.4 is 0 Å². The highest BCUT2D eigenvalue weighted by molar-refractivity contribution is 6.67. The van der Waals surface area contributed by atoms with Gasteiger partial charge in [0.15, 0.2) is 5.78 Å². The van der Waals surface area contributed by atoms with Gasteiger partial charge in [0, 0.05) is 21.2 Å². The Hall–Kier alpha value is -1.82. The number of halogens is 6. The van der Waals surface area contributed by atoms with Crippen LogP contribution in [-0.4, -0.2) is 17.2 Å². The average Bonchev–Trinajstić information content (AvgIpc) is 2.49. The maximum atomic E-state index is 13.4. The summed E-state index contributed by atoms with van der Waals surface area (Å²) in [5.74, 6) is -0.884. The largest absolute Gasteiger partial charge is 0.417 e. The lowest BCUT2D eigenvalue weighted by molar-refractivity contribution is -0.0689. The highest BCUT2D eigenvalue weighted by Gasteiger charge is 2.35. The number of benzene rings is 2. The molecule has 0 amide bonds. The van der Waals surface area contributed by atoms with Gasteiger partial charge in [-0.2, -0.15) is 13.2 Å². The van der Waals surface area contributed by atoms with Crippen LogP contribution in [0.5, 0.6) is 0 Å². The van der Waals surface area contributed by atoms with Crippen molar-refractivity contribution in [1.29, 1.82) is 0 Å². The fraction of sp³-hybridized carbons (Fsp3) is 0.111. The Kier molecular flexibility index (Phi) is 6.17. The zero-order valence-electron chi connectivity index (χ0n) is 13.1. The first-order valence-electron chi connectivity index (χ1n) is 7.09. The molecule has 0 aromatic heterocycles. The second-order valence-corrected chi connectivity index (χ2v) is 6.60. The number of allylic oxidation sites excluding steroid dienone is 2. The minimum Gasteiger partial charge on any atom is -0.289 e. The van der Waals surface area contributed by atoms with Crippen molar-refractivity contribution >= 4 is 51.4 Å². The minimum absolute atomic E-state index is 0.0101. The molecule has 0 radical (unpaired) electrons. The van der Waals surface area contributed by atoms with Crippen LogP contribution in [-0.2, 0) is 0 Å². The predicted molar refractivity (Wildman–Crippen MR) is 96.2 cm³/mol. The van der Waals surface area contributed by atoms with Crippen LogP contribution in [0.3, 0.4) is 0 Å². The summed E-state index contributed by atoms with van der Waals surface area (Å²) in [6, 6.07) is 7.25. The van der Waals surface area contributed by atoms with Crippen LogP contribution in [0, 0.1) is 6.92 Å². The van der Waals surface area contributed by atoms with E-state index < -0.39 is 22.8 Å². The molecule has 0 fully saturated rings. The highest BCUT2D eigenvalue weighted by Crippen LogP contribution is 2.36. The lowest BCUT2D eigenvalue weighted by atomic mass is 9.99. The standard InChI is InChI=1S/C18H10Cl3F3O2/c1-9-4-10(2-3-14(9)17(21)26)16(25)8-15(18(22,23)24)11-5-12(19)7-13(20)6-11/h2-8H,1H3. The van der Waals surface area contributed by atoms with Gasteiger partial charge in [-0.05, 0) is 66.1 Å². The van der Waals surface area contributed by atoms with Crippen molar-refractivity contribution < 1.29 is 22.8 Å². The summed E-state index contributed by atoms with van der Waals surface area (Å²) in [6.45, 7) is 1.53. The van der Waals surface area contributed by atoms with E-state index in [1.807, 2.05) is 0 Å². The third kappa shape index (κ3) is 4.87. The van der Waals surface area contributed by atoms with E-state index in [0.717, 1.165) is 12.1 Å². The van der Waals surface area contributed by atoms with Gasteiger partial charge in [-0.15, -0.1) is 0 Å². The zero-order valence-corrected chi connectivity index (χ0v) is 15.4. The van der Waals surface area contributed by atoms with E-state index in [2.05, 4.69) is 0 Å². The lowest BCUT2D eigenvalue weighted by Gasteiger charge is -2.13. The molecule has 0 atom stereocenters. The van der Waals surface area contributed by atoms with Crippen molar-refractivity contribution in [2.24, 2.45) is 0 Å². The molecule has 2 aromatic carbocycles. The van der Waals surface area contributed by atoms with Gasteiger partial charge in [-0.25, -0.2) is 0 Å². The van der Waals surface area contributed by atoms with Gasteiger partial charge in [0.2, 0.25) is 0 Å². The molecule has 0 aliphatic carbocycles. The SMILES string of the molecule is Cc1cc(C(=O)C=C(c2cc(Cl)cc(Cl)c2)C(F)(F)F)ccc1C(=O)Cl. The quantitative estimate of drug-likeness (QED) is 0.320. The molecule has 0 heterocycles. The van der Waals surface area contributed by atoms with Crippen LogP contribution in [0.25, 0.3) is 5.57 Å². The summed E-state index contributed by atoms with van der Waals surface area (Å²) in [6.07, 6.45) is -4.33. The van der Waals surface area contributed by atoms with Crippen molar-refractivity contribution in [2.45, 2.75) is 13.1 Å². The van der Waals surface area contributed by atoms with Crippen molar-refractivity contribution in [2.75, 3.05) is 0 Å². The van der Waals surface area contributed by atoms with Crippen molar-refractivity contribution in [3.8, 4) is 0 Å². The van der Waals surface area contributed by atoms with Crippen LogP contribution in [0.2, 0.25) is 10.0 Å². The zero-order chi connectivity index (χ0) is 19.6. The number of hydrogen-bond acceptors (Lipinski definition) is 2. The maximum Gasteiger partial charge on any atom is 0.417 e. The summed E-state index contributed by atoms with van der Waals surface area (Å²) in [4.78, 5) is 23.5. The first kappa shape index (κ1) is 20.5. The Balaban J connectivity index is 2.52. The summed E-state index contributed by atoms with van der Waals surface area (Å²) in [7, 11) is 0. The first-order valence-corrected chi connectivity index (χ1v) is 8.22. The van der Waals surface area contributed by atoms with Gasteiger partial charge in [-0.3, -0.25) is 9.59 Å². The lowest BCUT2D eigenvalue weighted by Crippen LogP contribution is -2.13. The molecule has 0 aliphatic rings. The molecule has 2 aromatic rings. The molecule has 8 heteroatoms. The van der Waals surface area contributed by atoms with Crippen molar-refractivity contribution in [3.05, 3.63) is 74.8 Å². The Labute approximate surface area is 162 Å². The molecule has 2 rings (SSSR count). The summed E-state index contributed by atoms with van der Waals surface area (Å²) in [5, 5.41) is -0.701. The van der Waals surface area contributed by atoms with Gasteiger partial charge in [-0.1, -0.05) is 29.3 Å². The van der Waals surface area contributed by atoms with E-state index in [4.69, 9.17) is 34.8 Å². The predicted octanol–water partition coefficient (Wildman–Crippen LogP) is 6.51. The summed E-state index contributed by atoms with van der Waals surface area (Å²) >= 11 is 16.9. The second kappa shape index (κ2) is 7.82. The number of carbonyl (C=O) groups is 2. The van der Waals surface area contributed by atoms with Crippen LogP contribution >= 0.6 is 34.8 Å². The molecular formula is C18H10Cl3F3O2. The van der Waals surface area contributed by atoms with Gasteiger partial charge in [0.05, 0.1) is 5.57 Å². The highest BCUT2D eigenvalue weighted by atomic mass is 35.5. The number of aryl methyl sites for hydroxylation is 1. The average molecular weight is 422 g/mol. The number of alkyl halides is 3. The maximum absolute atomic E-state index is 13.4. The first-order chi connectivity index (χ1) is 12.0. The Morgan fingerprint density at radius 1 is 0.962 bits per heavy atom. The molecule has 0 aliphatic heterocycles. The molecule has 136 valence electrons. The van der Waals surface area contributed by atoms with Crippen LogP contribution in [0.4, 0.5) is 13.2 Å². The normalized spacial score (nSPS) is 12.2. The molecule has 2 nitrogen and oxygen atoms in total. The van der Waals surface area contributed by atoms with E-state index >= 15 is 0 Å². The Bertz CT molecular complexity index is 898. The molecule has 26 heavy (non-hydrogen) atoms. The monoisotopic (exact) mass is 420 g/mol.